The third kappa shape index (κ3) is 3.35. The lowest BCUT2D eigenvalue weighted by atomic mass is 10.2. The van der Waals surface area contributed by atoms with Gasteiger partial charge in [0.25, 0.3) is 0 Å². The number of nitrogens with zero attached hydrogens (tertiary/aromatic N) is 2. The van der Waals surface area contributed by atoms with Gasteiger partial charge in [-0.1, -0.05) is 13.8 Å². The maximum atomic E-state index is 4.34. The van der Waals surface area contributed by atoms with Crippen LogP contribution in [0.15, 0.2) is 18.5 Å². The van der Waals surface area contributed by atoms with E-state index >= 15 is 0 Å². The normalized spacial score (nSPS) is 15.1. The summed E-state index contributed by atoms with van der Waals surface area (Å²) in [5.74, 6) is 0.693. The van der Waals surface area contributed by atoms with Gasteiger partial charge in [-0.05, 0) is 31.7 Å². The monoisotopic (exact) mass is 233 g/mol. The maximum absolute atomic E-state index is 4.34. The number of pyridine rings is 1. The van der Waals surface area contributed by atoms with Gasteiger partial charge in [-0.15, -0.1) is 0 Å². The standard InChI is InChI=1S/C14H23N3/c1-4-16-12-7-14(9-15-8-12)17(10-11(2)3)13-5-6-13/h7-9,11,13,16H,4-6,10H2,1-3H3. The summed E-state index contributed by atoms with van der Waals surface area (Å²) in [7, 11) is 0. The molecule has 1 aliphatic carbocycles. The van der Waals surface area contributed by atoms with E-state index in [4.69, 9.17) is 0 Å². The maximum Gasteiger partial charge on any atom is 0.0576 e. The molecule has 1 fully saturated rings. The van der Waals surface area contributed by atoms with E-state index in [1.165, 1.54) is 18.5 Å². The van der Waals surface area contributed by atoms with Gasteiger partial charge in [-0.3, -0.25) is 4.98 Å². The van der Waals surface area contributed by atoms with E-state index in [-0.39, 0.29) is 0 Å². The van der Waals surface area contributed by atoms with E-state index in [0.29, 0.717) is 5.92 Å². The largest absolute Gasteiger partial charge is 0.384 e. The molecule has 94 valence electrons. The van der Waals surface area contributed by atoms with Crippen LogP contribution in [0.5, 0.6) is 0 Å². The van der Waals surface area contributed by atoms with E-state index < -0.39 is 0 Å². The molecule has 3 nitrogen and oxygen atoms in total. The first-order valence-electron chi connectivity index (χ1n) is 6.66. The first kappa shape index (κ1) is 12.2. The Hall–Kier alpha value is -1.25. The smallest absolute Gasteiger partial charge is 0.0576 e. The van der Waals surface area contributed by atoms with Crippen molar-refractivity contribution in [2.45, 2.75) is 39.7 Å². The molecule has 0 radical (unpaired) electrons. The Kier molecular flexibility index (Phi) is 3.87. The fraction of sp³-hybridized carbons (Fsp3) is 0.643. The molecular formula is C14H23N3. The third-order valence-electron chi connectivity index (χ3n) is 2.99. The van der Waals surface area contributed by atoms with Crippen LogP contribution < -0.4 is 10.2 Å². The van der Waals surface area contributed by atoms with Crippen LogP contribution in [-0.2, 0) is 0 Å². The molecule has 3 heteroatoms. The van der Waals surface area contributed by atoms with Crippen molar-refractivity contribution in [2.75, 3.05) is 23.3 Å². The lowest BCUT2D eigenvalue weighted by Crippen LogP contribution is -2.29. The van der Waals surface area contributed by atoms with Crippen LogP contribution in [0.3, 0.4) is 0 Å². The predicted octanol–water partition coefficient (Wildman–Crippen LogP) is 3.14. The topological polar surface area (TPSA) is 28.2 Å². The Morgan fingerprint density at radius 2 is 2.18 bits per heavy atom. The van der Waals surface area contributed by atoms with Crippen molar-refractivity contribution < 1.29 is 0 Å². The summed E-state index contributed by atoms with van der Waals surface area (Å²) in [6, 6.07) is 2.97. The minimum Gasteiger partial charge on any atom is -0.384 e. The van der Waals surface area contributed by atoms with E-state index in [1.807, 2.05) is 12.4 Å². The minimum absolute atomic E-state index is 0.693. The quantitative estimate of drug-likeness (QED) is 0.818. The van der Waals surface area contributed by atoms with Gasteiger partial charge in [0, 0.05) is 19.1 Å². The zero-order valence-corrected chi connectivity index (χ0v) is 11.1. The van der Waals surface area contributed by atoms with Crippen LogP contribution >= 0.6 is 0 Å². The molecular weight excluding hydrogens is 210 g/mol. The third-order valence-corrected chi connectivity index (χ3v) is 2.99. The molecule has 1 aliphatic rings. The molecule has 0 atom stereocenters. The van der Waals surface area contributed by atoms with Gasteiger partial charge in [0.05, 0.1) is 23.8 Å². The lowest BCUT2D eigenvalue weighted by Gasteiger charge is -2.26. The number of hydrogen-bond donors (Lipinski definition) is 1. The molecule has 1 N–H and O–H groups in total. The molecule has 1 aromatic heterocycles. The van der Waals surface area contributed by atoms with Crippen molar-refractivity contribution in [3.8, 4) is 0 Å². The fourth-order valence-electron chi connectivity index (χ4n) is 2.13. The van der Waals surface area contributed by atoms with Crippen molar-refractivity contribution in [3.63, 3.8) is 0 Å². The van der Waals surface area contributed by atoms with Gasteiger partial charge >= 0.3 is 0 Å². The van der Waals surface area contributed by atoms with Crippen molar-refractivity contribution in [3.05, 3.63) is 18.5 Å². The van der Waals surface area contributed by atoms with Crippen LogP contribution in [-0.4, -0.2) is 24.1 Å². The molecule has 1 saturated carbocycles. The molecule has 0 bridgehead atoms. The molecule has 17 heavy (non-hydrogen) atoms. The first-order chi connectivity index (χ1) is 8.20. The van der Waals surface area contributed by atoms with Gasteiger partial charge in [-0.2, -0.15) is 0 Å². The Morgan fingerprint density at radius 3 is 2.76 bits per heavy atom. The SMILES string of the molecule is CCNc1cncc(N(CC(C)C)C2CC2)c1. The number of aromatic nitrogens is 1. The zero-order valence-electron chi connectivity index (χ0n) is 11.1. The highest BCUT2D eigenvalue weighted by molar-refractivity contribution is 5.56. The molecule has 0 aliphatic heterocycles. The van der Waals surface area contributed by atoms with E-state index in [2.05, 4.69) is 42.0 Å². The summed E-state index contributed by atoms with van der Waals surface area (Å²) >= 11 is 0. The molecule has 1 aromatic rings. The summed E-state index contributed by atoms with van der Waals surface area (Å²) in [5, 5.41) is 3.33. The second kappa shape index (κ2) is 5.39. The Bertz CT molecular complexity index is 358. The lowest BCUT2D eigenvalue weighted by molar-refractivity contribution is 0.607. The number of rotatable bonds is 6. The summed E-state index contributed by atoms with van der Waals surface area (Å²) in [5.41, 5.74) is 2.39. The molecule has 1 heterocycles. The van der Waals surface area contributed by atoms with Gasteiger partial charge < -0.3 is 10.2 Å². The highest BCUT2D eigenvalue weighted by Gasteiger charge is 2.29. The molecule has 2 rings (SSSR count). The Labute approximate surface area is 104 Å². The number of hydrogen-bond acceptors (Lipinski definition) is 3. The van der Waals surface area contributed by atoms with E-state index in [1.54, 1.807) is 0 Å². The van der Waals surface area contributed by atoms with Crippen molar-refractivity contribution >= 4 is 11.4 Å². The van der Waals surface area contributed by atoms with Gasteiger partial charge in [0.2, 0.25) is 0 Å². The molecule has 0 spiro atoms. The van der Waals surface area contributed by atoms with Crippen molar-refractivity contribution in [1.29, 1.82) is 0 Å². The predicted molar refractivity (Wildman–Crippen MR) is 73.6 cm³/mol. The van der Waals surface area contributed by atoms with E-state index in [9.17, 15) is 0 Å². The summed E-state index contributed by atoms with van der Waals surface area (Å²) in [6.45, 7) is 8.73. The zero-order chi connectivity index (χ0) is 12.3. The molecule has 0 amide bonds. The van der Waals surface area contributed by atoms with Crippen molar-refractivity contribution in [2.24, 2.45) is 5.92 Å². The highest BCUT2D eigenvalue weighted by Crippen LogP contribution is 2.32. The van der Waals surface area contributed by atoms with Crippen molar-refractivity contribution in [1.82, 2.24) is 4.98 Å². The second-order valence-electron chi connectivity index (χ2n) is 5.24. The van der Waals surface area contributed by atoms with Crippen LogP contribution in [0.2, 0.25) is 0 Å². The van der Waals surface area contributed by atoms with Gasteiger partial charge in [0.15, 0.2) is 0 Å². The highest BCUT2D eigenvalue weighted by atomic mass is 15.2. The molecule has 0 saturated heterocycles. The van der Waals surface area contributed by atoms with Gasteiger partial charge in [-0.25, -0.2) is 0 Å². The Morgan fingerprint density at radius 1 is 1.41 bits per heavy atom. The van der Waals surface area contributed by atoms with Crippen LogP contribution in [0, 0.1) is 5.92 Å². The summed E-state index contributed by atoms with van der Waals surface area (Å²) in [4.78, 5) is 6.85. The fourth-order valence-corrected chi connectivity index (χ4v) is 2.13. The van der Waals surface area contributed by atoms with Crippen LogP contribution in [0.25, 0.3) is 0 Å². The molecule has 0 aromatic carbocycles. The van der Waals surface area contributed by atoms with Gasteiger partial charge in [0.1, 0.15) is 0 Å². The summed E-state index contributed by atoms with van der Waals surface area (Å²) < 4.78 is 0. The average molecular weight is 233 g/mol. The summed E-state index contributed by atoms with van der Waals surface area (Å²) in [6.07, 6.45) is 6.55. The van der Waals surface area contributed by atoms with E-state index in [0.717, 1.165) is 24.8 Å². The molecule has 0 unspecified atom stereocenters. The Balaban J connectivity index is 2.13. The second-order valence-corrected chi connectivity index (χ2v) is 5.24. The minimum atomic E-state index is 0.693. The van der Waals surface area contributed by atoms with Crippen LogP contribution in [0.1, 0.15) is 33.6 Å². The van der Waals surface area contributed by atoms with Crippen LogP contribution in [0.4, 0.5) is 11.4 Å². The number of nitrogens with one attached hydrogen (secondary N) is 1. The number of anilines is 2. The average Bonchev–Trinajstić information content (AvgIpc) is 3.10. The first-order valence-corrected chi connectivity index (χ1v) is 6.66.